The van der Waals surface area contributed by atoms with Crippen molar-refractivity contribution >= 4 is 33.9 Å². The highest BCUT2D eigenvalue weighted by Gasteiger charge is 1.99. The number of aromatic nitrogens is 5. The maximum Gasteiger partial charge on any atom is 0.201 e. The van der Waals surface area contributed by atoms with E-state index in [0.29, 0.717) is 11.3 Å². The van der Waals surface area contributed by atoms with Crippen molar-refractivity contribution in [1.82, 2.24) is 25.1 Å². The van der Waals surface area contributed by atoms with Crippen molar-refractivity contribution in [2.24, 2.45) is 0 Å². The molecule has 0 aliphatic heterocycles. The lowest BCUT2D eigenvalue weighted by Crippen LogP contribution is -1.83. The third-order valence-corrected chi connectivity index (χ3v) is 1.54. The highest BCUT2D eigenvalue weighted by molar-refractivity contribution is 14.1. The number of nitrogens with one attached hydrogen (secondary N) is 1. The van der Waals surface area contributed by atoms with Crippen LogP contribution in [0.2, 0.25) is 0 Å². The monoisotopic (exact) mass is 247 g/mol. The zero-order valence-corrected chi connectivity index (χ0v) is 6.90. The molecule has 2 heterocycles. The van der Waals surface area contributed by atoms with Crippen molar-refractivity contribution in [3.05, 3.63) is 10.2 Å². The summed E-state index contributed by atoms with van der Waals surface area (Å²) in [6.45, 7) is 0. The van der Waals surface area contributed by atoms with E-state index in [9.17, 15) is 0 Å². The molecule has 2 rings (SSSR count). The highest BCUT2D eigenvalue weighted by Crippen LogP contribution is 2.04. The molecule has 0 aliphatic rings. The van der Waals surface area contributed by atoms with Crippen LogP contribution in [-0.4, -0.2) is 25.1 Å². The van der Waals surface area contributed by atoms with Crippen LogP contribution in [0.25, 0.3) is 11.3 Å². The lowest BCUT2D eigenvalue weighted by molar-refractivity contribution is 1.01. The fraction of sp³-hybridized carbons (Fsp3) is 0. The van der Waals surface area contributed by atoms with E-state index in [1.165, 1.54) is 6.33 Å². The molecular weight excluding hydrogens is 245 g/mol. The minimum Gasteiger partial charge on any atom is -0.315 e. The molecule has 2 aromatic rings. The molecule has 5 nitrogen and oxygen atoms in total. The van der Waals surface area contributed by atoms with Crippen LogP contribution in [0.3, 0.4) is 0 Å². The van der Waals surface area contributed by atoms with E-state index in [1.54, 1.807) is 0 Å². The number of hydrogen-bond donors (Lipinski definition) is 1. The molecule has 50 valence electrons. The number of hydrogen-bond acceptors (Lipinski definition) is 4. The number of fused-ring (bicyclic) bond motifs is 1. The Bertz CT molecular complexity index is 322. The summed E-state index contributed by atoms with van der Waals surface area (Å²) in [5.74, 6) is 0. The lowest BCUT2D eigenvalue weighted by Gasteiger charge is -1.78. The average molecular weight is 247 g/mol. The summed E-state index contributed by atoms with van der Waals surface area (Å²) >= 11 is 2.06. The quantitative estimate of drug-likeness (QED) is 0.682. The molecule has 0 spiro atoms. The van der Waals surface area contributed by atoms with Crippen LogP contribution < -0.4 is 0 Å². The van der Waals surface area contributed by atoms with E-state index in [0.717, 1.165) is 3.83 Å². The molecule has 0 fully saturated rings. The van der Waals surface area contributed by atoms with Gasteiger partial charge in [0.2, 0.25) is 5.65 Å². The van der Waals surface area contributed by atoms with Crippen LogP contribution in [0, 0.1) is 3.83 Å². The maximum absolute atomic E-state index is 4.03. The van der Waals surface area contributed by atoms with E-state index >= 15 is 0 Å². The van der Waals surface area contributed by atoms with Crippen LogP contribution in [0.5, 0.6) is 0 Å². The first kappa shape index (κ1) is 5.96. The maximum atomic E-state index is 4.03. The second-order valence-electron chi connectivity index (χ2n) is 1.66. The molecule has 0 amide bonds. The van der Waals surface area contributed by atoms with Crippen molar-refractivity contribution in [2.75, 3.05) is 0 Å². The molecule has 1 N–H and O–H groups in total. The van der Waals surface area contributed by atoms with Gasteiger partial charge in [-0.05, 0) is 22.6 Å². The Hall–Kier alpha value is -0.790. The number of halogens is 1. The summed E-state index contributed by atoms with van der Waals surface area (Å²) < 4.78 is 0.778. The topological polar surface area (TPSA) is 67.3 Å². The minimum absolute atomic E-state index is 0.611. The summed E-state index contributed by atoms with van der Waals surface area (Å²) in [7, 11) is 0. The van der Waals surface area contributed by atoms with Gasteiger partial charge in [0.25, 0.3) is 0 Å². The third kappa shape index (κ3) is 0.838. The van der Waals surface area contributed by atoms with Gasteiger partial charge in [0.15, 0.2) is 9.48 Å². The van der Waals surface area contributed by atoms with Gasteiger partial charge in [-0.3, -0.25) is 0 Å². The van der Waals surface area contributed by atoms with Gasteiger partial charge in [-0.15, -0.1) is 10.2 Å². The molecule has 10 heavy (non-hydrogen) atoms. The van der Waals surface area contributed by atoms with Gasteiger partial charge >= 0.3 is 0 Å². The Balaban J connectivity index is 2.88. The van der Waals surface area contributed by atoms with Gasteiger partial charge in [0.05, 0.1) is 0 Å². The Kier molecular flexibility index (Phi) is 1.26. The second kappa shape index (κ2) is 2.11. The van der Waals surface area contributed by atoms with Crippen molar-refractivity contribution in [1.29, 1.82) is 0 Å². The predicted octanol–water partition coefficient (Wildman–Crippen LogP) is 0.353. The van der Waals surface area contributed by atoms with Crippen molar-refractivity contribution < 1.29 is 0 Å². The molecule has 0 aromatic carbocycles. The van der Waals surface area contributed by atoms with Crippen LogP contribution in [0.4, 0.5) is 0 Å². The molecule has 2 aromatic heterocycles. The molecular formula is C4H2IN5. The molecule has 0 unspecified atom stereocenters. The summed E-state index contributed by atoms with van der Waals surface area (Å²) in [4.78, 5) is 10.8. The normalized spacial score (nSPS) is 10.5. The zero-order chi connectivity index (χ0) is 6.97. The molecule has 0 saturated carbocycles. The predicted molar refractivity (Wildman–Crippen MR) is 42.2 cm³/mol. The number of H-pyrrole nitrogens is 1. The van der Waals surface area contributed by atoms with Crippen molar-refractivity contribution in [3.63, 3.8) is 0 Å². The summed E-state index contributed by atoms with van der Waals surface area (Å²) in [6.07, 6.45) is 1.37. The Labute approximate surface area is 69.4 Å². The Morgan fingerprint density at radius 2 is 2.40 bits per heavy atom. The van der Waals surface area contributed by atoms with Gasteiger partial charge in [-0.25, -0.2) is 9.97 Å². The van der Waals surface area contributed by atoms with Crippen LogP contribution in [0.1, 0.15) is 0 Å². The first-order valence-electron chi connectivity index (χ1n) is 2.55. The first-order chi connectivity index (χ1) is 4.86. The summed E-state index contributed by atoms with van der Waals surface area (Å²) in [6, 6.07) is 0. The minimum atomic E-state index is 0.611. The van der Waals surface area contributed by atoms with Gasteiger partial charge in [-0.2, -0.15) is 0 Å². The second-order valence-corrected chi connectivity index (χ2v) is 2.68. The molecule has 6 heteroatoms. The third-order valence-electron chi connectivity index (χ3n) is 1.03. The van der Waals surface area contributed by atoms with Crippen molar-refractivity contribution in [3.8, 4) is 0 Å². The van der Waals surface area contributed by atoms with Gasteiger partial charge in [0.1, 0.15) is 6.33 Å². The molecule has 0 saturated heterocycles. The number of rotatable bonds is 0. The molecule has 0 bridgehead atoms. The standard InChI is InChI=1S/C4H2IN5/c5-4-8-2-3(9-4)10-7-1-6-2/h1H,(H,6,7,8,9,10). The molecule has 0 aliphatic carbocycles. The number of nitrogens with zero attached hydrogens (tertiary/aromatic N) is 4. The Morgan fingerprint density at radius 1 is 1.50 bits per heavy atom. The fourth-order valence-electron chi connectivity index (χ4n) is 0.651. The van der Waals surface area contributed by atoms with E-state index in [-0.39, 0.29) is 0 Å². The van der Waals surface area contributed by atoms with Gasteiger partial charge < -0.3 is 4.98 Å². The van der Waals surface area contributed by atoms with Gasteiger partial charge in [-0.1, -0.05) is 0 Å². The van der Waals surface area contributed by atoms with E-state index in [2.05, 4.69) is 47.7 Å². The molecule has 0 radical (unpaired) electrons. The van der Waals surface area contributed by atoms with Crippen molar-refractivity contribution in [2.45, 2.75) is 0 Å². The SMILES string of the molecule is Ic1nc2ncnnc2[nH]1. The van der Waals surface area contributed by atoms with E-state index in [1.807, 2.05) is 0 Å². The number of aromatic amines is 1. The van der Waals surface area contributed by atoms with Crippen LogP contribution in [0.15, 0.2) is 6.33 Å². The Morgan fingerprint density at radius 3 is 3.20 bits per heavy atom. The van der Waals surface area contributed by atoms with Gasteiger partial charge in [0, 0.05) is 0 Å². The van der Waals surface area contributed by atoms with E-state index < -0.39 is 0 Å². The smallest absolute Gasteiger partial charge is 0.201 e. The average Bonchev–Trinajstić information content (AvgIpc) is 2.27. The summed E-state index contributed by atoms with van der Waals surface area (Å²) in [5.41, 5.74) is 1.24. The van der Waals surface area contributed by atoms with Crippen LogP contribution >= 0.6 is 22.6 Å². The number of imidazole rings is 1. The highest BCUT2D eigenvalue weighted by atomic mass is 127. The lowest BCUT2D eigenvalue weighted by atomic mass is 10.7. The fourth-order valence-corrected chi connectivity index (χ4v) is 1.14. The first-order valence-corrected chi connectivity index (χ1v) is 3.63. The van der Waals surface area contributed by atoms with Crippen LogP contribution in [-0.2, 0) is 0 Å². The van der Waals surface area contributed by atoms with E-state index in [4.69, 9.17) is 0 Å². The summed E-state index contributed by atoms with van der Waals surface area (Å²) in [5, 5.41) is 7.36. The zero-order valence-electron chi connectivity index (χ0n) is 4.74. The largest absolute Gasteiger partial charge is 0.315 e. The molecule has 0 atom stereocenters.